The quantitative estimate of drug-likeness (QED) is 0.567. The molecule has 0 radical (unpaired) electrons. The maximum Gasteiger partial charge on any atom is 0.342 e. The molecule has 18 heavy (non-hydrogen) atoms. The number of anilines is 1. The van der Waals surface area contributed by atoms with Gasteiger partial charge in [0.15, 0.2) is 5.40 Å². The van der Waals surface area contributed by atoms with Crippen LogP contribution in [0.2, 0.25) is 0 Å². The number of nitrogens with zero attached hydrogens (tertiary/aromatic N) is 2. The van der Waals surface area contributed by atoms with E-state index in [1.807, 2.05) is 0 Å². The summed E-state index contributed by atoms with van der Waals surface area (Å²) in [5.74, 6) is 0.365. The normalized spacial score (nSPS) is 12.8. The lowest BCUT2D eigenvalue weighted by Crippen LogP contribution is -2.29. The van der Waals surface area contributed by atoms with Gasteiger partial charge in [0, 0.05) is 19.8 Å². The summed E-state index contributed by atoms with van der Waals surface area (Å²) >= 11 is 0. The molecule has 0 atom stereocenters. The van der Waals surface area contributed by atoms with Gasteiger partial charge in [-0.3, -0.25) is 9.13 Å². The Kier molecular flexibility index (Phi) is 4.66. The van der Waals surface area contributed by atoms with Crippen LogP contribution in [0.25, 0.3) is 0 Å². The van der Waals surface area contributed by atoms with Gasteiger partial charge in [-0.15, -0.1) is 0 Å². The fraction of sp³-hybridized carbons (Fsp3) is 0.375. The van der Waals surface area contributed by atoms with Gasteiger partial charge in [0.25, 0.3) is 0 Å². The Bertz CT molecular complexity index is 462. The van der Waals surface area contributed by atoms with Crippen LogP contribution in [0.4, 0.5) is 5.82 Å². The third kappa shape index (κ3) is 4.17. The van der Waals surface area contributed by atoms with Crippen molar-refractivity contribution in [3.05, 3.63) is 24.4 Å². The molecule has 0 aliphatic heterocycles. The second kappa shape index (κ2) is 5.48. The summed E-state index contributed by atoms with van der Waals surface area (Å²) in [6, 6.07) is 4.87. The monoisotopic (exact) mass is 296 g/mol. The van der Waals surface area contributed by atoms with Crippen LogP contribution in [0.1, 0.15) is 0 Å². The molecule has 0 bridgehead atoms. The highest BCUT2D eigenvalue weighted by Crippen LogP contribution is 2.59. The van der Waals surface area contributed by atoms with Gasteiger partial charge in [-0.25, -0.2) is 4.98 Å². The Morgan fingerprint density at radius 3 is 2.17 bits per heavy atom. The van der Waals surface area contributed by atoms with E-state index in [9.17, 15) is 9.13 Å². The second-order valence-corrected chi connectivity index (χ2v) is 7.74. The van der Waals surface area contributed by atoms with Crippen LogP contribution in [0.5, 0.6) is 0 Å². The zero-order valence-corrected chi connectivity index (χ0v) is 11.3. The summed E-state index contributed by atoms with van der Waals surface area (Å²) in [5, 5.41) is -2.06. The molecular formula is C8H14N2O6P2. The Labute approximate surface area is 104 Å². The average molecular weight is 296 g/mol. The molecule has 0 amide bonds. The molecule has 0 spiro atoms. The number of rotatable bonds is 5. The van der Waals surface area contributed by atoms with Crippen molar-refractivity contribution in [3.8, 4) is 0 Å². The van der Waals surface area contributed by atoms with Crippen molar-refractivity contribution >= 4 is 21.0 Å². The first-order valence-corrected chi connectivity index (χ1v) is 8.21. The van der Waals surface area contributed by atoms with E-state index in [1.165, 1.54) is 18.1 Å². The highest BCUT2D eigenvalue weighted by atomic mass is 31.2. The van der Waals surface area contributed by atoms with Gasteiger partial charge in [0.1, 0.15) is 5.82 Å². The summed E-state index contributed by atoms with van der Waals surface area (Å²) in [4.78, 5) is 41.1. The SMILES string of the molecule is CN(CC(P(=O)(O)O)P(=O)(O)O)c1ccccn1. The number of hydrogen-bond acceptors (Lipinski definition) is 4. The predicted octanol–water partition coefficient (Wildman–Crippen LogP) is 0.199. The Morgan fingerprint density at radius 1 is 1.22 bits per heavy atom. The highest BCUT2D eigenvalue weighted by Gasteiger charge is 2.44. The van der Waals surface area contributed by atoms with Gasteiger partial charge in [0.2, 0.25) is 0 Å². The number of hydrogen-bond donors (Lipinski definition) is 4. The minimum absolute atomic E-state index is 0.365. The van der Waals surface area contributed by atoms with Gasteiger partial charge >= 0.3 is 15.2 Å². The van der Waals surface area contributed by atoms with E-state index in [1.54, 1.807) is 18.2 Å². The van der Waals surface area contributed by atoms with Gasteiger partial charge in [0.05, 0.1) is 0 Å². The minimum Gasteiger partial charge on any atom is -0.358 e. The van der Waals surface area contributed by atoms with E-state index >= 15 is 0 Å². The van der Waals surface area contributed by atoms with Crippen molar-refractivity contribution in [2.75, 3.05) is 18.5 Å². The first-order chi connectivity index (χ1) is 8.12. The summed E-state index contributed by atoms with van der Waals surface area (Å²) < 4.78 is 22.2. The standard InChI is InChI=1S/C8H14N2O6P2/c1-10(7-4-2-3-5-9-7)6-8(17(11,12)13)18(14,15)16/h2-5,8H,6H2,1H3,(H2,11,12,13)(H2,14,15,16). The molecule has 0 aliphatic carbocycles. The van der Waals surface area contributed by atoms with Crippen molar-refractivity contribution < 1.29 is 28.7 Å². The molecule has 10 heteroatoms. The van der Waals surface area contributed by atoms with Crippen LogP contribution in [-0.4, -0.2) is 43.6 Å². The molecule has 4 N–H and O–H groups in total. The lowest BCUT2D eigenvalue weighted by molar-refractivity contribution is 0.339. The van der Waals surface area contributed by atoms with Crippen molar-refractivity contribution in [3.63, 3.8) is 0 Å². The predicted molar refractivity (Wildman–Crippen MR) is 65.4 cm³/mol. The van der Waals surface area contributed by atoms with Crippen LogP contribution >= 0.6 is 15.2 Å². The third-order valence-electron chi connectivity index (χ3n) is 2.25. The van der Waals surface area contributed by atoms with Crippen LogP contribution in [0.15, 0.2) is 24.4 Å². The van der Waals surface area contributed by atoms with Crippen LogP contribution in [0.3, 0.4) is 0 Å². The van der Waals surface area contributed by atoms with Gasteiger partial charge in [-0.05, 0) is 12.1 Å². The smallest absolute Gasteiger partial charge is 0.342 e. The van der Waals surface area contributed by atoms with E-state index < -0.39 is 27.1 Å². The van der Waals surface area contributed by atoms with Gasteiger partial charge in [-0.1, -0.05) is 6.07 Å². The Morgan fingerprint density at radius 2 is 1.78 bits per heavy atom. The second-order valence-electron chi connectivity index (χ2n) is 3.73. The van der Waals surface area contributed by atoms with E-state index in [2.05, 4.69) is 4.98 Å². The largest absolute Gasteiger partial charge is 0.358 e. The van der Waals surface area contributed by atoms with Crippen molar-refractivity contribution in [1.29, 1.82) is 0 Å². The van der Waals surface area contributed by atoms with Crippen LogP contribution in [0, 0.1) is 0 Å². The minimum atomic E-state index is -4.90. The average Bonchev–Trinajstić information content (AvgIpc) is 2.23. The lowest BCUT2D eigenvalue weighted by atomic mass is 10.4. The van der Waals surface area contributed by atoms with E-state index in [-0.39, 0.29) is 0 Å². The summed E-state index contributed by atoms with van der Waals surface area (Å²) in [5.41, 5.74) is 0. The number of pyridine rings is 1. The maximum absolute atomic E-state index is 11.1. The molecule has 1 rings (SSSR count). The molecule has 0 unspecified atom stereocenters. The molecule has 1 aromatic rings. The first-order valence-electron chi connectivity index (χ1n) is 4.85. The molecule has 0 aliphatic rings. The molecule has 1 heterocycles. The van der Waals surface area contributed by atoms with Crippen molar-refractivity contribution in [1.82, 2.24) is 4.98 Å². The molecule has 8 nitrogen and oxygen atoms in total. The molecule has 0 saturated heterocycles. The topological polar surface area (TPSA) is 131 Å². The molecule has 0 fully saturated rings. The molecular weight excluding hydrogens is 282 g/mol. The first kappa shape index (κ1) is 15.3. The molecule has 0 aromatic carbocycles. The Hall–Kier alpha value is -0.750. The highest BCUT2D eigenvalue weighted by molar-refractivity contribution is 7.70. The van der Waals surface area contributed by atoms with Crippen molar-refractivity contribution in [2.45, 2.75) is 5.40 Å². The summed E-state index contributed by atoms with van der Waals surface area (Å²) in [7, 11) is -8.36. The molecule has 1 aromatic heterocycles. The Balaban J connectivity index is 2.93. The van der Waals surface area contributed by atoms with Crippen molar-refractivity contribution in [2.24, 2.45) is 0 Å². The van der Waals surface area contributed by atoms with E-state index in [4.69, 9.17) is 19.6 Å². The molecule has 0 saturated carbocycles. The van der Waals surface area contributed by atoms with E-state index in [0.717, 1.165) is 0 Å². The van der Waals surface area contributed by atoms with Crippen LogP contribution < -0.4 is 4.90 Å². The molecule has 102 valence electrons. The van der Waals surface area contributed by atoms with Gasteiger partial charge in [-0.2, -0.15) is 0 Å². The summed E-state index contributed by atoms with van der Waals surface area (Å²) in [6.07, 6.45) is 1.47. The summed E-state index contributed by atoms with van der Waals surface area (Å²) in [6.45, 7) is -0.494. The third-order valence-corrected chi connectivity index (χ3v) is 5.94. The number of aromatic nitrogens is 1. The lowest BCUT2D eigenvalue weighted by Gasteiger charge is -2.25. The van der Waals surface area contributed by atoms with E-state index in [0.29, 0.717) is 5.82 Å². The zero-order valence-electron chi connectivity index (χ0n) is 9.49. The fourth-order valence-corrected chi connectivity index (χ4v) is 3.81. The maximum atomic E-state index is 11.1. The van der Waals surface area contributed by atoms with Gasteiger partial charge < -0.3 is 24.5 Å². The van der Waals surface area contributed by atoms with Crippen LogP contribution in [-0.2, 0) is 9.13 Å². The fourth-order valence-electron chi connectivity index (χ4n) is 1.33. The zero-order chi connectivity index (χ0) is 14.0.